The first kappa shape index (κ1) is 18.4. The van der Waals surface area contributed by atoms with Crippen LogP contribution in [-0.2, 0) is 4.74 Å². The van der Waals surface area contributed by atoms with Crippen molar-refractivity contribution < 1.29 is 27.4 Å². The van der Waals surface area contributed by atoms with E-state index in [1.165, 1.54) is 25.4 Å². The summed E-state index contributed by atoms with van der Waals surface area (Å²) in [7, 11) is 1.28. The van der Waals surface area contributed by atoms with Crippen molar-refractivity contribution in [3.05, 3.63) is 72.4 Å². The number of rotatable bonds is 4. The minimum atomic E-state index is -4.78. The number of pyridine rings is 1. The number of esters is 1. The summed E-state index contributed by atoms with van der Waals surface area (Å²) in [5.74, 6) is -0.780. The maximum atomic E-state index is 12.6. The molecule has 0 saturated carbocycles. The van der Waals surface area contributed by atoms with Crippen molar-refractivity contribution in [3.8, 4) is 28.1 Å². The van der Waals surface area contributed by atoms with Gasteiger partial charge in [-0.15, -0.1) is 13.2 Å². The SMILES string of the molecule is COC(=O)c1ccc(-c2cccc(-c3ccccc3OC(F)(F)F)c2)nc1. The number of carbonyl (C=O) groups excluding carboxylic acids is 1. The van der Waals surface area contributed by atoms with E-state index in [9.17, 15) is 18.0 Å². The molecule has 0 unspecified atom stereocenters. The number of ether oxygens (including phenoxy) is 2. The zero-order valence-corrected chi connectivity index (χ0v) is 14.2. The van der Waals surface area contributed by atoms with E-state index in [2.05, 4.69) is 14.5 Å². The highest BCUT2D eigenvalue weighted by molar-refractivity contribution is 5.89. The summed E-state index contributed by atoms with van der Waals surface area (Å²) in [6, 6.07) is 16.0. The van der Waals surface area contributed by atoms with E-state index in [-0.39, 0.29) is 5.75 Å². The number of hydrogen-bond donors (Lipinski definition) is 0. The van der Waals surface area contributed by atoms with Gasteiger partial charge in [-0.25, -0.2) is 4.79 Å². The van der Waals surface area contributed by atoms with Gasteiger partial charge in [-0.3, -0.25) is 4.98 Å². The van der Waals surface area contributed by atoms with Gasteiger partial charge >= 0.3 is 12.3 Å². The highest BCUT2D eigenvalue weighted by Crippen LogP contribution is 2.35. The van der Waals surface area contributed by atoms with Crippen LogP contribution in [0.4, 0.5) is 13.2 Å². The number of benzene rings is 2. The average Bonchev–Trinajstić information content (AvgIpc) is 2.67. The summed E-state index contributed by atoms with van der Waals surface area (Å²) >= 11 is 0. The van der Waals surface area contributed by atoms with Crippen LogP contribution in [0.3, 0.4) is 0 Å². The van der Waals surface area contributed by atoms with E-state index >= 15 is 0 Å². The summed E-state index contributed by atoms with van der Waals surface area (Å²) in [6.07, 6.45) is -3.40. The number of aromatic nitrogens is 1. The lowest BCUT2D eigenvalue weighted by Crippen LogP contribution is -2.17. The highest BCUT2D eigenvalue weighted by atomic mass is 19.4. The monoisotopic (exact) mass is 373 g/mol. The molecule has 4 nitrogen and oxygen atoms in total. The molecule has 0 radical (unpaired) electrons. The summed E-state index contributed by atoms with van der Waals surface area (Å²) in [5, 5.41) is 0. The summed E-state index contributed by atoms with van der Waals surface area (Å²) < 4.78 is 46.7. The van der Waals surface area contributed by atoms with E-state index in [1.54, 1.807) is 48.5 Å². The average molecular weight is 373 g/mol. The van der Waals surface area contributed by atoms with Crippen molar-refractivity contribution in [2.24, 2.45) is 0 Å². The minimum absolute atomic E-state index is 0.281. The molecule has 2 aromatic carbocycles. The van der Waals surface area contributed by atoms with E-state index < -0.39 is 12.3 Å². The van der Waals surface area contributed by atoms with E-state index in [0.717, 1.165) is 0 Å². The summed E-state index contributed by atoms with van der Waals surface area (Å²) in [6.45, 7) is 0. The third kappa shape index (κ3) is 4.44. The maximum Gasteiger partial charge on any atom is 0.573 e. The first-order valence-corrected chi connectivity index (χ1v) is 7.87. The normalized spacial score (nSPS) is 11.1. The lowest BCUT2D eigenvalue weighted by Gasteiger charge is -2.14. The van der Waals surface area contributed by atoms with Crippen molar-refractivity contribution in [2.45, 2.75) is 6.36 Å². The standard InChI is InChI=1S/C20H14F3NO3/c1-26-19(25)15-9-10-17(24-12-15)14-6-4-5-13(11-14)16-7-2-3-8-18(16)27-20(21,22)23/h2-12H,1H3. The van der Waals surface area contributed by atoms with Gasteiger partial charge in [0.1, 0.15) is 5.75 Å². The second kappa shape index (κ2) is 7.49. The largest absolute Gasteiger partial charge is 0.573 e. The Balaban J connectivity index is 1.96. The zero-order chi connectivity index (χ0) is 19.4. The van der Waals surface area contributed by atoms with Gasteiger partial charge in [0.2, 0.25) is 0 Å². The van der Waals surface area contributed by atoms with E-state index in [4.69, 9.17) is 0 Å². The van der Waals surface area contributed by atoms with Crippen LogP contribution in [0.15, 0.2) is 66.9 Å². The molecule has 27 heavy (non-hydrogen) atoms. The zero-order valence-electron chi connectivity index (χ0n) is 14.2. The topological polar surface area (TPSA) is 48.4 Å². The van der Waals surface area contributed by atoms with Gasteiger partial charge in [0.15, 0.2) is 0 Å². The Labute approximate surface area is 153 Å². The fraction of sp³-hybridized carbons (Fsp3) is 0.100. The fourth-order valence-corrected chi connectivity index (χ4v) is 2.57. The molecule has 0 fully saturated rings. The molecule has 3 aromatic rings. The fourth-order valence-electron chi connectivity index (χ4n) is 2.57. The molecule has 0 spiro atoms. The molecule has 0 aliphatic carbocycles. The third-order valence-corrected chi connectivity index (χ3v) is 3.77. The second-order valence-electron chi connectivity index (χ2n) is 5.55. The predicted octanol–water partition coefficient (Wildman–Crippen LogP) is 5.10. The Kier molecular flexibility index (Phi) is 5.12. The number of hydrogen-bond acceptors (Lipinski definition) is 4. The summed E-state index contributed by atoms with van der Waals surface area (Å²) in [4.78, 5) is 15.7. The summed E-state index contributed by atoms with van der Waals surface area (Å²) in [5.41, 5.74) is 2.42. The molecule has 0 aliphatic heterocycles. The van der Waals surface area contributed by atoms with Crippen LogP contribution in [0.5, 0.6) is 5.75 Å². The van der Waals surface area contributed by atoms with Gasteiger partial charge in [0.05, 0.1) is 18.4 Å². The van der Waals surface area contributed by atoms with Crippen molar-refractivity contribution in [2.75, 3.05) is 7.11 Å². The van der Waals surface area contributed by atoms with Crippen LogP contribution < -0.4 is 4.74 Å². The second-order valence-corrected chi connectivity index (χ2v) is 5.55. The van der Waals surface area contributed by atoms with Gasteiger partial charge in [-0.05, 0) is 29.8 Å². The molecule has 3 rings (SSSR count). The number of halogens is 3. The maximum absolute atomic E-state index is 12.6. The molecule has 0 atom stereocenters. The van der Waals surface area contributed by atoms with Crippen molar-refractivity contribution >= 4 is 5.97 Å². The molecule has 0 amide bonds. The van der Waals surface area contributed by atoms with Crippen LogP contribution >= 0.6 is 0 Å². The number of nitrogens with zero attached hydrogens (tertiary/aromatic N) is 1. The molecule has 0 aliphatic rings. The van der Waals surface area contributed by atoms with E-state index in [0.29, 0.717) is 27.9 Å². The van der Waals surface area contributed by atoms with Gasteiger partial charge in [-0.2, -0.15) is 0 Å². The first-order valence-electron chi connectivity index (χ1n) is 7.87. The van der Waals surface area contributed by atoms with Crippen LogP contribution in [0.25, 0.3) is 22.4 Å². The molecule has 1 heterocycles. The first-order chi connectivity index (χ1) is 12.9. The highest BCUT2D eigenvalue weighted by Gasteiger charge is 2.32. The van der Waals surface area contributed by atoms with Gasteiger partial charge in [0, 0.05) is 17.3 Å². The molecule has 0 bridgehead atoms. The Morgan fingerprint density at radius 2 is 1.70 bits per heavy atom. The van der Waals surface area contributed by atoms with Crippen LogP contribution in [-0.4, -0.2) is 24.4 Å². The number of alkyl halides is 3. The molecule has 1 aromatic heterocycles. The van der Waals surface area contributed by atoms with Gasteiger partial charge in [-0.1, -0.05) is 36.4 Å². The Hall–Kier alpha value is -3.35. The van der Waals surface area contributed by atoms with Crippen LogP contribution in [0, 0.1) is 0 Å². The minimum Gasteiger partial charge on any atom is -0.465 e. The number of methoxy groups -OCH3 is 1. The Bertz CT molecular complexity index is 953. The van der Waals surface area contributed by atoms with E-state index in [1.807, 2.05) is 0 Å². The number of para-hydroxylation sites is 1. The lowest BCUT2D eigenvalue weighted by molar-refractivity contribution is -0.274. The molecule has 0 saturated heterocycles. The van der Waals surface area contributed by atoms with Crippen LogP contribution in [0.2, 0.25) is 0 Å². The van der Waals surface area contributed by atoms with Gasteiger partial charge in [0.25, 0.3) is 0 Å². The van der Waals surface area contributed by atoms with Crippen molar-refractivity contribution in [1.29, 1.82) is 0 Å². The molecule has 0 N–H and O–H groups in total. The third-order valence-electron chi connectivity index (χ3n) is 3.77. The Morgan fingerprint density at radius 1 is 0.963 bits per heavy atom. The predicted molar refractivity (Wildman–Crippen MR) is 93.1 cm³/mol. The van der Waals surface area contributed by atoms with Crippen molar-refractivity contribution in [1.82, 2.24) is 4.98 Å². The Morgan fingerprint density at radius 3 is 2.37 bits per heavy atom. The molecule has 138 valence electrons. The quantitative estimate of drug-likeness (QED) is 0.597. The number of carbonyl (C=O) groups is 1. The van der Waals surface area contributed by atoms with Crippen molar-refractivity contribution in [3.63, 3.8) is 0 Å². The van der Waals surface area contributed by atoms with Gasteiger partial charge < -0.3 is 9.47 Å². The molecular weight excluding hydrogens is 359 g/mol. The molecular formula is C20H14F3NO3. The lowest BCUT2D eigenvalue weighted by atomic mass is 10.0. The van der Waals surface area contributed by atoms with Crippen LogP contribution in [0.1, 0.15) is 10.4 Å². The molecule has 7 heteroatoms. The smallest absolute Gasteiger partial charge is 0.465 e.